The maximum Gasteiger partial charge on any atom is 0.346 e. The molecule has 0 fully saturated rings. The van der Waals surface area contributed by atoms with Gasteiger partial charge in [0.1, 0.15) is 24.5 Å². The Morgan fingerprint density at radius 3 is 2.52 bits per heavy atom. The van der Waals surface area contributed by atoms with Crippen molar-refractivity contribution in [3.05, 3.63) is 52.1 Å². The second kappa shape index (κ2) is 8.46. The van der Waals surface area contributed by atoms with E-state index in [4.69, 9.17) is 18.9 Å². The smallest absolute Gasteiger partial charge is 0.346 e. The molecule has 0 radical (unpaired) electrons. The number of nitro benzene ring substituents is 1. The van der Waals surface area contributed by atoms with Crippen molar-refractivity contribution in [2.75, 3.05) is 25.6 Å². The van der Waals surface area contributed by atoms with Gasteiger partial charge in [-0.2, -0.15) is 0 Å². The van der Waals surface area contributed by atoms with Gasteiger partial charge in [-0.3, -0.25) is 14.9 Å². The first kappa shape index (κ1) is 19.9. The van der Waals surface area contributed by atoms with Gasteiger partial charge in [0, 0.05) is 17.8 Å². The van der Waals surface area contributed by atoms with Crippen LogP contribution in [0, 0.1) is 10.1 Å². The van der Waals surface area contributed by atoms with Crippen molar-refractivity contribution in [2.24, 2.45) is 0 Å². The molecule has 0 unspecified atom stereocenters. The number of methoxy groups -OCH3 is 1. The Morgan fingerprint density at radius 2 is 1.86 bits per heavy atom. The van der Waals surface area contributed by atoms with E-state index in [-0.39, 0.29) is 30.3 Å². The Kier molecular flexibility index (Phi) is 5.82. The minimum Gasteiger partial charge on any atom is -0.497 e. The molecule has 0 saturated heterocycles. The molecule has 10 heteroatoms. The maximum atomic E-state index is 12.5. The van der Waals surface area contributed by atoms with Crippen LogP contribution in [-0.4, -0.2) is 43.2 Å². The van der Waals surface area contributed by atoms with E-state index in [9.17, 15) is 19.7 Å². The second-order valence-corrected chi connectivity index (χ2v) is 6.04. The zero-order valence-electron chi connectivity index (χ0n) is 15.7. The zero-order valence-corrected chi connectivity index (χ0v) is 15.7. The Balaban J connectivity index is 1.75. The zero-order chi connectivity index (χ0) is 21.0. The molecular formula is C19H18N2O8. The molecule has 0 spiro atoms. The van der Waals surface area contributed by atoms with Gasteiger partial charge in [-0.05, 0) is 19.1 Å². The summed E-state index contributed by atoms with van der Waals surface area (Å²) in [5.41, 5.74) is -0.387. The van der Waals surface area contributed by atoms with Crippen molar-refractivity contribution >= 4 is 23.3 Å². The molecule has 1 heterocycles. The minimum atomic E-state index is -1.21. The topological polar surface area (TPSA) is 126 Å². The van der Waals surface area contributed by atoms with E-state index in [0.29, 0.717) is 11.4 Å². The number of ether oxygens (including phenoxy) is 4. The lowest BCUT2D eigenvalue weighted by molar-refractivity contribution is -0.385. The van der Waals surface area contributed by atoms with Crippen LogP contribution < -0.4 is 19.5 Å². The largest absolute Gasteiger partial charge is 0.497 e. The summed E-state index contributed by atoms with van der Waals surface area (Å²) in [7, 11) is 1.49. The number of benzene rings is 2. The molecular weight excluding hydrogens is 384 g/mol. The highest BCUT2D eigenvalue weighted by Crippen LogP contribution is 2.37. The average molecular weight is 402 g/mol. The van der Waals surface area contributed by atoms with Crippen LogP contribution in [0.25, 0.3) is 0 Å². The summed E-state index contributed by atoms with van der Waals surface area (Å²) in [6.45, 7) is 1.85. The van der Waals surface area contributed by atoms with Crippen LogP contribution in [0.3, 0.4) is 0 Å². The highest BCUT2D eigenvalue weighted by molar-refractivity contribution is 5.99. The third-order valence-corrected chi connectivity index (χ3v) is 4.07. The number of hydrogen-bond acceptors (Lipinski definition) is 8. The first-order valence-corrected chi connectivity index (χ1v) is 8.63. The monoisotopic (exact) mass is 402 g/mol. The number of fused-ring (bicyclic) bond motifs is 1. The van der Waals surface area contributed by atoms with E-state index in [2.05, 4.69) is 5.32 Å². The van der Waals surface area contributed by atoms with E-state index in [1.54, 1.807) is 24.3 Å². The van der Waals surface area contributed by atoms with E-state index >= 15 is 0 Å². The third kappa shape index (κ3) is 4.54. The van der Waals surface area contributed by atoms with Crippen LogP contribution >= 0.6 is 0 Å². The number of hydrogen-bond donors (Lipinski definition) is 1. The standard InChI is InChI=1S/C19H18N2O8/c1-11(18(22)20-12-4-3-5-13(8-12)26-2)29-19(23)14-9-16-17(28-7-6-27-16)10-15(14)21(24)25/h3-5,8-11H,6-7H2,1-2H3,(H,20,22)/t11-/m0/s1. The van der Waals surface area contributed by atoms with Gasteiger partial charge in [-0.1, -0.05) is 6.07 Å². The molecule has 152 valence electrons. The molecule has 29 heavy (non-hydrogen) atoms. The fourth-order valence-corrected chi connectivity index (χ4v) is 2.61. The molecule has 2 aromatic carbocycles. The van der Waals surface area contributed by atoms with E-state index in [0.717, 1.165) is 6.07 Å². The Labute approximate surface area is 165 Å². The summed E-state index contributed by atoms with van der Waals surface area (Å²) in [6, 6.07) is 8.91. The van der Waals surface area contributed by atoms with Gasteiger partial charge in [0.2, 0.25) is 0 Å². The van der Waals surface area contributed by atoms with Crippen molar-refractivity contribution in [3.63, 3.8) is 0 Å². The van der Waals surface area contributed by atoms with Crippen LogP contribution in [0.4, 0.5) is 11.4 Å². The average Bonchev–Trinajstić information content (AvgIpc) is 2.72. The Bertz CT molecular complexity index is 959. The van der Waals surface area contributed by atoms with Gasteiger partial charge in [-0.25, -0.2) is 4.79 Å². The molecule has 0 aromatic heterocycles. The third-order valence-electron chi connectivity index (χ3n) is 4.07. The van der Waals surface area contributed by atoms with E-state index in [1.807, 2.05) is 0 Å². The van der Waals surface area contributed by atoms with E-state index < -0.39 is 28.6 Å². The van der Waals surface area contributed by atoms with Crippen LogP contribution in [0.1, 0.15) is 17.3 Å². The number of rotatable bonds is 6. The minimum absolute atomic E-state index is 0.170. The molecule has 0 saturated carbocycles. The lowest BCUT2D eigenvalue weighted by Crippen LogP contribution is -2.30. The predicted molar refractivity (Wildman–Crippen MR) is 101 cm³/mol. The van der Waals surface area contributed by atoms with Gasteiger partial charge in [0.25, 0.3) is 11.6 Å². The summed E-state index contributed by atoms with van der Waals surface area (Å²) in [5.74, 6) is -0.723. The van der Waals surface area contributed by atoms with Gasteiger partial charge in [0.15, 0.2) is 17.6 Å². The van der Waals surface area contributed by atoms with Crippen molar-refractivity contribution in [1.82, 2.24) is 0 Å². The van der Waals surface area contributed by atoms with Crippen molar-refractivity contribution in [2.45, 2.75) is 13.0 Å². The molecule has 1 N–H and O–H groups in total. The van der Waals surface area contributed by atoms with Crippen LogP contribution in [-0.2, 0) is 9.53 Å². The number of nitro groups is 1. The van der Waals surface area contributed by atoms with Crippen LogP contribution in [0.5, 0.6) is 17.2 Å². The number of amides is 1. The predicted octanol–water partition coefficient (Wildman–Crippen LogP) is 2.56. The summed E-state index contributed by atoms with van der Waals surface area (Å²) in [6.07, 6.45) is -1.21. The van der Waals surface area contributed by atoms with Crippen LogP contribution in [0.2, 0.25) is 0 Å². The maximum absolute atomic E-state index is 12.5. The van der Waals surface area contributed by atoms with Crippen LogP contribution in [0.15, 0.2) is 36.4 Å². The molecule has 1 amide bonds. The lowest BCUT2D eigenvalue weighted by atomic mass is 10.1. The molecule has 1 aliphatic rings. The summed E-state index contributed by atoms with van der Waals surface area (Å²) >= 11 is 0. The summed E-state index contributed by atoms with van der Waals surface area (Å²) in [5, 5.41) is 13.9. The quantitative estimate of drug-likeness (QED) is 0.444. The van der Waals surface area contributed by atoms with E-state index in [1.165, 1.54) is 20.1 Å². The number of nitrogens with zero attached hydrogens (tertiary/aromatic N) is 1. The van der Waals surface area contributed by atoms with Gasteiger partial charge in [-0.15, -0.1) is 0 Å². The molecule has 3 rings (SSSR count). The highest BCUT2D eigenvalue weighted by Gasteiger charge is 2.29. The van der Waals surface area contributed by atoms with Crippen molar-refractivity contribution in [1.29, 1.82) is 0 Å². The number of carbonyl (C=O) groups is 2. The first-order valence-electron chi connectivity index (χ1n) is 8.63. The fourth-order valence-electron chi connectivity index (χ4n) is 2.61. The molecule has 1 aliphatic heterocycles. The number of anilines is 1. The summed E-state index contributed by atoms with van der Waals surface area (Å²) < 4.78 is 20.9. The second-order valence-electron chi connectivity index (χ2n) is 6.04. The highest BCUT2D eigenvalue weighted by atomic mass is 16.6. The molecule has 2 aromatic rings. The Morgan fingerprint density at radius 1 is 1.17 bits per heavy atom. The van der Waals surface area contributed by atoms with Gasteiger partial charge >= 0.3 is 5.97 Å². The Hall–Kier alpha value is -3.82. The molecule has 1 atom stereocenters. The molecule has 0 bridgehead atoms. The van der Waals surface area contributed by atoms with Crippen molar-refractivity contribution in [3.8, 4) is 17.2 Å². The number of nitrogens with one attached hydrogen (secondary N) is 1. The van der Waals surface area contributed by atoms with Crippen molar-refractivity contribution < 1.29 is 33.5 Å². The molecule has 0 aliphatic carbocycles. The van der Waals surface area contributed by atoms with Gasteiger partial charge < -0.3 is 24.3 Å². The lowest BCUT2D eigenvalue weighted by Gasteiger charge is -2.19. The number of esters is 1. The normalized spacial score (nSPS) is 13.2. The SMILES string of the molecule is COc1cccc(NC(=O)[C@H](C)OC(=O)c2cc3c(cc2[N+](=O)[O-])OCCO3)c1. The first-order chi connectivity index (χ1) is 13.9. The van der Waals surface area contributed by atoms with Gasteiger partial charge in [0.05, 0.1) is 18.1 Å². The fraction of sp³-hybridized carbons (Fsp3) is 0.263. The number of carbonyl (C=O) groups excluding carboxylic acids is 2. The summed E-state index contributed by atoms with van der Waals surface area (Å²) in [4.78, 5) is 35.4. The molecule has 10 nitrogen and oxygen atoms in total.